The van der Waals surface area contributed by atoms with Gasteiger partial charge in [0, 0.05) is 0 Å². The number of nitrogens with one attached hydrogen (secondary N) is 2. The van der Waals surface area contributed by atoms with Crippen LogP contribution in [0.15, 0.2) is 12.4 Å². The molecular formula is C6H14N2O. The summed E-state index contributed by atoms with van der Waals surface area (Å²) in [6.07, 6.45) is 0. The van der Waals surface area contributed by atoms with Crippen molar-refractivity contribution in [3.63, 3.8) is 0 Å². The van der Waals surface area contributed by atoms with Crippen LogP contribution in [0.4, 0.5) is 0 Å². The lowest BCUT2D eigenvalue weighted by Crippen LogP contribution is -2.36. The fourth-order valence-corrected chi connectivity index (χ4v) is 0.390. The van der Waals surface area contributed by atoms with Gasteiger partial charge >= 0.3 is 0 Å². The van der Waals surface area contributed by atoms with Crippen molar-refractivity contribution in [2.75, 3.05) is 13.5 Å². The molecule has 54 valence electrons. The van der Waals surface area contributed by atoms with Crippen LogP contribution < -0.4 is 10.6 Å². The topological polar surface area (TPSA) is 33.3 Å². The van der Waals surface area contributed by atoms with Crippen LogP contribution in [0, 0.1) is 0 Å². The zero-order chi connectivity index (χ0) is 7.11. The van der Waals surface area contributed by atoms with Gasteiger partial charge in [0.25, 0.3) is 0 Å². The molecule has 1 fully saturated rings. The molecule has 1 aliphatic heterocycles. The summed E-state index contributed by atoms with van der Waals surface area (Å²) in [6, 6.07) is 0. The second-order valence-corrected chi connectivity index (χ2v) is 1.32. The van der Waals surface area contributed by atoms with Crippen molar-refractivity contribution in [3.8, 4) is 0 Å². The van der Waals surface area contributed by atoms with Crippen LogP contribution in [-0.2, 0) is 4.74 Å². The molecule has 1 aliphatic rings. The molecule has 0 aromatic heterocycles. The summed E-state index contributed by atoms with van der Waals surface area (Å²) < 4.78 is 4.86. The predicted octanol–water partition coefficient (Wildman–Crippen LogP) is 0.608. The lowest BCUT2D eigenvalue weighted by atomic mass is 10.7. The first kappa shape index (κ1) is 8.30. The van der Waals surface area contributed by atoms with Crippen molar-refractivity contribution in [1.82, 2.24) is 10.6 Å². The maximum atomic E-state index is 4.86. The molecule has 0 aromatic rings. The molecule has 3 nitrogen and oxygen atoms in total. The SMILES string of the molecule is C=C1NCOCN1.CC. The third-order valence-electron chi connectivity index (χ3n) is 0.775. The molecule has 2 N–H and O–H groups in total. The molecular weight excluding hydrogens is 116 g/mol. The van der Waals surface area contributed by atoms with E-state index in [9.17, 15) is 0 Å². The van der Waals surface area contributed by atoms with Gasteiger partial charge in [-0.15, -0.1) is 0 Å². The highest BCUT2D eigenvalue weighted by Crippen LogP contribution is 1.82. The number of hydrogen-bond donors (Lipinski definition) is 2. The maximum absolute atomic E-state index is 4.86. The molecule has 1 heterocycles. The fourth-order valence-electron chi connectivity index (χ4n) is 0.390. The van der Waals surface area contributed by atoms with Crippen molar-refractivity contribution in [2.45, 2.75) is 13.8 Å². The van der Waals surface area contributed by atoms with Crippen molar-refractivity contribution >= 4 is 0 Å². The van der Waals surface area contributed by atoms with E-state index in [-0.39, 0.29) is 0 Å². The van der Waals surface area contributed by atoms with Gasteiger partial charge in [0.05, 0.1) is 5.82 Å². The second kappa shape index (κ2) is 5.44. The van der Waals surface area contributed by atoms with E-state index >= 15 is 0 Å². The van der Waals surface area contributed by atoms with E-state index in [1.165, 1.54) is 0 Å². The van der Waals surface area contributed by atoms with Gasteiger partial charge in [-0.25, -0.2) is 0 Å². The zero-order valence-corrected chi connectivity index (χ0v) is 6.03. The van der Waals surface area contributed by atoms with Gasteiger partial charge in [-0.3, -0.25) is 0 Å². The van der Waals surface area contributed by atoms with E-state index in [1.54, 1.807) is 0 Å². The summed E-state index contributed by atoms with van der Waals surface area (Å²) in [5, 5.41) is 5.71. The standard InChI is InChI=1S/C4H8N2O.C2H6/c1-4-5-2-7-3-6-4;1-2/h5-6H,1-3H2;1-2H3. The van der Waals surface area contributed by atoms with Crippen LogP contribution in [0.25, 0.3) is 0 Å². The molecule has 0 amide bonds. The van der Waals surface area contributed by atoms with Crippen molar-refractivity contribution in [1.29, 1.82) is 0 Å². The summed E-state index contributed by atoms with van der Waals surface area (Å²) in [7, 11) is 0. The van der Waals surface area contributed by atoms with Crippen molar-refractivity contribution in [2.24, 2.45) is 0 Å². The minimum atomic E-state index is 0.575. The Morgan fingerprint density at radius 1 is 1.33 bits per heavy atom. The highest BCUT2D eigenvalue weighted by atomic mass is 16.5. The minimum Gasteiger partial charge on any atom is -0.350 e. The van der Waals surface area contributed by atoms with E-state index in [0.717, 1.165) is 5.82 Å². The quantitative estimate of drug-likeness (QED) is 0.504. The zero-order valence-electron chi connectivity index (χ0n) is 6.03. The van der Waals surface area contributed by atoms with Gasteiger partial charge in [-0.1, -0.05) is 20.4 Å². The monoisotopic (exact) mass is 130 g/mol. The molecule has 3 heteroatoms. The summed E-state index contributed by atoms with van der Waals surface area (Å²) in [6.45, 7) is 8.76. The Morgan fingerprint density at radius 2 is 1.78 bits per heavy atom. The van der Waals surface area contributed by atoms with E-state index in [4.69, 9.17) is 4.74 Å². The largest absolute Gasteiger partial charge is 0.350 e. The summed E-state index contributed by atoms with van der Waals surface area (Å²) >= 11 is 0. The predicted molar refractivity (Wildman–Crippen MR) is 37.6 cm³/mol. The highest BCUT2D eigenvalue weighted by Gasteiger charge is 1.95. The van der Waals surface area contributed by atoms with Crippen LogP contribution in [-0.4, -0.2) is 13.5 Å². The third kappa shape index (κ3) is 3.85. The molecule has 0 aliphatic carbocycles. The average Bonchev–Trinajstić information content (AvgIpc) is 1.94. The van der Waals surface area contributed by atoms with Crippen LogP contribution in [0.3, 0.4) is 0 Å². The van der Waals surface area contributed by atoms with E-state index < -0.39 is 0 Å². The van der Waals surface area contributed by atoms with Crippen LogP contribution in [0.5, 0.6) is 0 Å². The molecule has 0 radical (unpaired) electrons. The van der Waals surface area contributed by atoms with Gasteiger partial charge in [0.15, 0.2) is 0 Å². The normalized spacial score (nSPS) is 16.4. The van der Waals surface area contributed by atoms with Crippen LogP contribution in [0.1, 0.15) is 13.8 Å². The molecule has 0 bridgehead atoms. The Morgan fingerprint density at radius 3 is 2.00 bits per heavy atom. The average molecular weight is 130 g/mol. The molecule has 9 heavy (non-hydrogen) atoms. The first-order chi connectivity index (χ1) is 4.39. The van der Waals surface area contributed by atoms with Crippen molar-refractivity contribution in [3.05, 3.63) is 12.4 Å². The lowest BCUT2D eigenvalue weighted by Gasteiger charge is -2.17. The Labute approximate surface area is 56.1 Å². The van der Waals surface area contributed by atoms with E-state index in [2.05, 4.69) is 17.2 Å². The van der Waals surface area contributed by atoms with Crippen LogP contribution in [0.2, 0.25) is 0 Å². The number of ether oxygens (including phenoxy) is 1. The highest BCUT2D eigenvalue weighted by molar-refractivity contribution is 4.86. The number of hydrogen-bond acceptors (Lipinski definition) is 3. The Kier molecular flexibility index (Phi) is 5.01. The molecule has 0 spiro atoms. The Bertz CT molecular complexity index is 75.1. The van der Waals surface area contributed by atoms with Gasteiger partial charge < -0.3 is 15.4 Å². The van der Waals surface area contributed by atoms with Gasteiger partial charge in [0.1, 0.15) is 13.5 Å². The summed E-state index contributed by atoms with van der Waals surface area (Å²) in [5.41, 5.74) is 0. The smallest absolute Gasteiger partial charge is 0.119 e. The molecule has 0 aromatic carbocycles. The van der Waals surface area contributed by atoms with Gasteiger partial charge in [-0.05, 0) is 0 Å². The molecule has 1 rings (SSSR count). The number of rotatable bonds is 0. The first-order valence-corrected chi connectivity index (χ1v) is 3.14. The summed E-state index contributed by atoms with van der Waals surface area (Å²) in [5.74, 6) is 0.839. The van der Waals surface area contributed by atoms with E-state index in [0.29, 0.717) is 13.5 Å². The van der Waals surface area contributed by atoms with Gasteiger partial charge in [0.2, 0.25) is 0 Å². The second-order valence-electron chi connectivity index (χ2n) is 1.32. The fraction of sp³-hybridized carbons (Fsp3) is 0.667. The Balaban J connectivity index is 0.000000291. The first-order valence-electron chi connectivity index (χ1n) is 3.14. The molecule has 0 saturated carbocycles. The molecule has 1 saturated heterocycles. The Hall–Kier alpha value is -0.700. The van der Waals surface area contributed by atoms with E-state index in [1.807, 2.05) is 13.8 Å². The molecule has 0 unspecified atom stereocenters. The van der Waals surface area contributed by atoms with Crippen molar-refractivity contribution < 1.29 is 4.74 Å². The lowest BCUT2D eigenvalue weighted by molar-refractivity contribution is 0.0835. The maximum Gasteiger partial charge on any atom is 0.119 e. The van der Waals surface area contributed by atoms with Crippen LogP contribution >= 0.6 is 0 Å². The molecule has 0 atom stereocenters. The third-order valence-corrected chi connectivity index (χ3v) is 0.775. The minimum absolute atomic E-state index is 0.575. The van der Waals surface area contributed by atoms with Gasteiger partial charge in [-0.2, -0.15) is 0 Å². The summed E-state index contributed by atoms with van der Waals surface area (Å²) in [4.78, 5) is 0.